The quantitative estimate of drug-likeness (QED) is 0.676. The molecule has 27 heavy (non-hydrogen) atoms. The third kappa shape index (κ3) is 3.28. The molecule has 0 spiro atoms. The highest BCUT2D eigenvalue weighted by Crippen LogP contribution is 2.30. The molecule has 1 aliphatic rings. The Hall–Kier alpha value is -2.18. The van der Waals surface area contributed by atoms with E-state index < -0.39 is 0 Å². The maximum Gasteiger partial charge on any atom is 0.266 e. The highest BCUT2D eigenvalue weighted by Gasteiger charge is 2.22. The standard InChI is InChI=1S/C20H20ClN3O2S/c1-11-7-8-14(13(21)10-11)22-18(25)17-12(2)16-19(27-17)23-15-6-4-3-5-9-24(15)20(16)26/h7-8,10H,3-6,9H2,1-2H3,(H,22,25). The van der Waals surface area contributed by atoms with Gasteiger partial charge in [-0.1, -0.05) is 24.1 Å². The number of hydrogen-bond donors (Lipinski definition) is 1. The van der Waals surface area contributed by atoms with E-state index in [-0.39, 0.29) is 11.5 Å². The first kappa shape index (κ1) is 18.2. The van der Waals surface area contributed by atoms with Crippen molar-refractivity contribution in [2.75, 3.05) is 5.32 Å². The molecular weight excluding hydrogens is 382 g/mol. The lowest BCUT2D eigenvalue weighted by atomic mass is 10.2. The molecule has 0 radical (unpaired) electrons. The Balaban J connectivity index is 1.76. The molecule has 3 aromatic rings. The van der Waals surface area contributed by atoms with E-state index in [0.29, 0.717) is 37.9 Å². The Morgan fingerprint density at radius 3 is 2.85 bits per heavy atom. The number of halogens is 1. The maximum atomic E-state index is 13.0. The minimum Gasteiger partial charge on any atom is -0.320 e. The second-order valence-corrected chi connectivity index (χ2v) is 8.38. The summed E-state index contributed by atoms with van der Waals surface area (Å²) in [5.74, 6) is 0.570. The lowest BCUT2D eigenvalue weighted by Crippen LogP contribution is -2.24. The summed E-state index contributed by atoms with van der Waals surface area (Å²) in [6.45, 7) is 4.46. The number of carbonyl (C=O) groups excluding carboxylic acids is 1. The Kier molecular flexibility index (Phi) is 4.78. The zero-order valence-corrected chi connectivity index (χ0v) is 16.8. The summed E-state index contributed by atoms with van der Waals surface area (Å²) in [6, 6.07) is 5.48. The monoisotopic (exact) mass is 401 g/mol. The van der Waals surface area contributed by atoms with Gasteiger partial charge in [-0.05, 0) is 49.9 Å². The van der Waals surface area contributed by atoms with Crippen molar-refractivity contribution in [1.29, 1.82) is 0 Å². The molecule has 4 rings (SSSR count). The van der Waals surface area contributed by atoms with E-state index in [1.807, 2.05) is 19.9 Å². The van der Waals surface area contributed by atoms with Crippen molar-refractivity contribution in [3.63, 3.8) is 0 Å². The average Bonchev–Trinajstić information content (AvgIpc) is 2.79. The number of fused-ring (bicyclic) bond motifs is 2. The first-order chi connectivity index (χ1) is 13.0. The molecule has 7 heteroatoms. The number of nitrogens with zero attached hydrogens (tertiary/aromatic N) is 2. The third-order valence-corrected chi connectivity index (χ3v) is 6.49. The van der Waals surface area contributed by atoms with E-state index in [1.165, 1.54) is 11.3 Å². The number of carbonyl (C=O) groups is 1. The van der Waals surface area contributed by atoms with Crippen molar-refractivity contribution >= 4 is 44.7 Å². The Labute approximate surface area is 166 Å². The number of thiophene rings is 1. The second-order valence-electron chi connectivity index (χ2n) is 6.97. The van der Waals surface area contributed by atoms with Gasteiger partial charge in [-0.15, -0.1) is 11.3 Å². The van der Waals surface area contributed by atoms with Gasteiger partial charge >= 0.3 is 0 Å². The SMILES string of the molecule is Cc1ccc(NC(=O)c2sc3nc4n(c(=O)c3c2C)CCCCC4)c(Cl)c1. The molecule has 2 aromatic heterocycles. The van der Waals surface area contributed by atoms with Crippen molar-refractivity contribution in [2.45, 2.75) is 46.1 Å². The molecule has 1 aromatic carbocycles. The van der Waals surface area contributed by atoms with Crippen LogP contribution in [0.5, 0.6) is 0 Å². The van der Waals surface area contributed by atoms with Crippen LogP contribution in [0.2, 0.25) is 5.02 Å². The Morgan fingerprint density at radius 1 is 1.26 bits per heavy atom. The Morgan fingerprint density at radius 2 is 2.07 bits per heavy atom. The lowest BCUT2D eigenvalue weighted by Gasteiger charge is -2.08. The highest BCUT2D eigenvalue weighted by atomic mass is 35.5. The minimum atomic E-state index is -0.263. The molecule has 0 bridgehead atoms. The molecule has 0 unspecified atom stereocenters. The fourth-order valence-electron chi connectivity index (χ4n) is 3.53. The van der Waals surface area contributed by atoms with Crippen LogP contribution in [0.4, 0.5) is 5.69 Å². The van der Waals surface area contributed by atoms with Crippen LogP contribution in [0.3, 0.4) is 0 Å². The maximum absolute atomic E-state index is 13.0. The predicted molar refractivity (Wildman–Crippen MR) is 110 cm³/mol. The van der Waals surface area contributed by atoms with E-state index in [2.05, 4.69) is 5.32 Å². The summed E-state index contributed by atoms with van der Waals surface area (Å²) in [5.41, 5.74) is 2.24. The zero-order valence-electron chi connectivity index (χ0n) is 15.3. The van der Waals surface area contributed by atoms with Gasteiger partial charge in [0.15, 0.2) is 0 Å². The number of anilines is 1. The van der Waals surface area contributed by atoms with Crippen LogP contribution in [0.1, 0.15) is 45.9 Å². The van der Waals surface area contributed by atoms with Gasteiger partial charge in [0.1, 0.15) is 10.7 Å². The number of amides is 1. The Bertz CT molecular complexity index is 1120. The zero-order chi connectivity index (χ0) is 19.1. The van der Waals surface area contributed by atoms with Gasteiger partial charge in [-0.3, -0.25) is 14.2 Å². The minimum absolute atomic E-state index is 0.0296. The van der Waals surface area contributed by atoms with Gasteiger partial charge in [0.05, 0.1) is 21.0 Å². The van der Waals surface area contributed by atoms with Crippen molar-refractivity contribution in [3.05, 3.63) is 55.4 Å². The molecule has 1 aliphatic heterocycles. The smallest absolute Gasteiger partial charge is 0.266 e. The van der Waals surface area contributed by atoms with Gasteiger partial charge < -0.3 is 5.32 Å². The van der Waals surface area contributed by atoms with Crippen molar-refractivity contribution in [2.24, 2.45) is 0 Å². The van der Waals surface area contributed by atoms with E-state index in [0.717, 1.165) is 37.1 Å². The summed E-state index contributed by atoms with van der Waals surface area (Å²) < 4.78 is 1.79. The molecule has 5 nitrogen and oxygen atoms in total. The highest BCUT2D eigenvalue weighted by molar-refractivity contribution is 7.20. The third-order valence-electron chi connectivity index (χ3n) is 4.99. The molecule has 3 heterocycles. The summed E-state index contributed by atoms with van der Waals surface area (Å²) >= 11 is 7.50. The van der Waals surface area contributed by atoms with E-state index in [4.69, 9.17) is 16.6 Å². The number of aromatic nitrogens is 2. The van der Waals surface area contributed by atoms with Crippen LogP contribution in [0, 0.1) is 13.8 Å². The topological polar surface area (TPSA) is 64.0 Å². The number of aryl methyl sites for hydroxylation is 3. The molecule has 0 atom stereocenters. The van der Waals surface area contributed by atoms with E-state index >= 15 is 0 Å². The van der Waals surface area contributed by atoms with Crippen LogP contribution in [0.25, 0.3) is 10.2 Å². The summed E-state index contributed by atoms with van der Waals surface area (Å²) in [6.07, 6.45) is 3.95. The van der Waals surface area contributed by atoms with E-state index in [1.54, 1.807) is 16.7 Å². The molecule has 140 valence electrons. The second kappa shape index (κ2) is 7.09. The molecule has 0 fully saturated rings. The molecule has 1 N–H and O–H groups in total. The van der Waals surface area contributed by atoms with E-state index in [9.17, 15) is 9.59 Å². The van der Waals surface area contributed by atoms with Crippen LogP contribution in [-0.4, -0.2) is 15.5 Å². The van der Waals surface area contributed by atoms with Gasteiger partial charge in [0.2, 0.25) is 0 Å². The molecular formula is C20H20ClN3O2S. The van der Waals surface area contributed by atoms with Crippen molar-refractivity contribution in [1.82, 2.24) is 9.55 Å². The van der Waals surface area contributed by atoms with Gasteiger partial charge in [0.25, 0.3) is 11.5 Å². The van der Waals surface area contributed by atoms with Gasteiger partial charge in [0, 0.05) is 13.0 Å². The number of hydrogen-bond acceptors (Lipinski definition) is 4. The number of nitrogens with one attached hydrogen (secondary N) is 1. The van der Waals surface area contributed by atoms with Gasteiger partial charge in [-0.25, -0.2) is 4.98 Å². The first-order valence-corrected chi connectivity index (χ1v) is 10.3. The van der Waals surface area contributed by atoms with Crippen LogP contribution >= 0.6 is 22.9 Å². The van der Waals surface area contributed by atoms with Crippen LogP contribution in [0.15, 0.2) is 23.0 Å². The van der Waals surface area contributed by atoms with Crippen LogP contribution < -0.4 is 10.9 Å². The lowest BCUT2D eigenvalue weighted by molar-refractivity contribution is 0.103. The number of benzene rings is 1. The van der Waals surface area contributed by atoms with Gasteiger partial charge in [-0.2, -0.15) is 0 Å². The summed E-state index contributed by atoms with van der Waals surface area (Å²) in [7, 11) is 0. The van der Waals surface area contributed by atoms with Crippen molar-refractivity contribution in [3.8, 4) is 0 Å². The van der Waals surface area contributed by atoms with Crippen molar-refractivity contribution < 1.29 is 4.79 Å². The molecule has 1 amide bonds. The fraction of sp³-hybridized carbons (Fsp3) is 0.350. The van der Waals surface area contributed by atoms with Crippen LogP contribution in [-0.2, 0) is 13.0 Å². The summed E-state index contributed by atoms with van der Waals surface area (Å²) in [5, 5.41) is 3.91. The number of rotatable bonds is 2. The summed E-state index contributed by atoms with van der Waals surface area (Å²) in [4.78, 5) is 31.7. The normalized spacial score (nSPS) is 14.0. The fourth-order valence-corrected chi connectivity index (χ4v) is 4.90. The first-order valence-electron chi connectivity index (χ1n) is 9.06. The molecule has 0 saturated heterocycles. The largest absolute Gasteiger partial charge is 0.320 e. The predicted octanol–water partition coefficient (Wildman–Crippen LogP) is 4.71. The molecule has 0 saturated carbocycles. The average molecular weight is 402 g/mol. The molecule has 0 aliphatic carbocycles.